The predicted molar refractivity (Wildman–Crippen MR) is 75.4 cm³/mol. The van der Waals surface area contributed by atoms with Crippen LogP contribution in [0.2, 0.25) is 0 Å². The molecule has 4 heteroatoms. The Hall–Kier alpha value is -1.29. The molecule has 1 aromatic carbocycles. The van der Waals surface area contributed by atoms with E-state index in [4.69, 9.17) is 0 Å². The van der Waals surface area contributed by atoms with Crippen LogP contribution in [0.15, 0.2) is 29.2 Å². The second kappa shape index (κ2) is 6.75. The smallest absolute Gasteiger partial charge is 0.305 e. The molecule has 0 radical (unpaired) electrons. The molecule has 1 aromatic rings. The Morgan fingerprint density at radius 1 is 1.26 bits per heavy atom. The highest BCUT2D eigenvalue weighted by Crippen LogP contribution is 2.41. The molecule has 0 bridgehead atoms. The Labute approximate surface area is 117 Å². The first kappa shape index (κ1) is 14.1. The monoisotopic (exact) mass is 278 g/mol. The van der Waals surface area contributed by atoms with Gasteiger partial charge in [0.25, 0.3) is 0 Å². The van der Waals surface area contributed by atoms with Crippen LogP contribution in [-0.4, -0.2) is 24.6 Å². The van der Waals surface area contributed by atoms with Crippen LogP contribution in [0.1, 0.15) is 37.2 Å². The van der Waals surface area contributed by atoms with Crippen molar-refractivity contribution in [2.24, 2.45) is 0 Å². The number of ketones is 1. The van der Waals surface area contributed by atoms with Gasteiger partial charge in [0.05, 0.1) is 13.5 Å². The molecule has 2 rings (SSSR count). The van der Waals surface area contributed by atoms with E-state index in [9.17, 15) is 9.59 Å². The first-order valence-corrected chi connectivity index (χ1v) is 7.49. The van der Waals surface area contributed by atoms with Crippen LogP contribution in [0.25, 0.3) is 0 Å². The minimum Gasteiger partial charge on any atom is -0.469 e. The van der Waals surface area contributed by atoms with Gasteiger partial charge >= 0.3 is 5.97 Å². The zero-order chi connectivity index (χ0) is 13.7. The van der Waals surface area contributed by atoms with Gasteiger partial charge in [-0.25, -0.2) is 0 Å². The summed E-state index contributed by atoms with van der Waals surface area (Å²) in [5.41, 5.74) is 1.37. The van der Waals surface area contributed by atoms with Crippen LogP contribution >= 0.6 is 11.8 Å². The molecule has 102 valence electrons. The van der Waals surface area contributed by atoms with E-state index in [1.54, 1.807) is 0 Å². The largest absolute Gasteiger partial charge is 0.469 e. The lowest BCUT2D eigenvalue weighted by Crippen LogP contribution is -2.07. The SMILES string of the molecule is COC(=O)CCC(=O)CCC1CSc2ccccc21. The van der Waals surface area contributed by atoms with Gasteiger partial charge in [-0.3, -0.25) is 9.59 Å². The number of rotatable bonds is 6. The summed E-state index contributed by atoms with van der Waals surface area (Å²) in [5, 5.41) is 0. The molecular weight excluding hydrogens is 260 g/mol. The number of carbonyl (C=O) groups is 2. The summed E-state index contributed by atoms with van der Waals surface area (Å²) >= 11 is 1.86. The lowest BCUT2D eigenvalue weighted by Gasteiger charge is -2.09. The zero-order valence-corrected chi connectivity index (χ0v) is 11.9. The van der Waals surface area contributed by atoms with Crippen molar-refractivity contribution >= 4 is 23.5 Å². The number of hydrogen-bond donors (Lipinski definition) is 0. The average Bonchev–Trinajstić information content (AvgIpc) is 2.85. The molecule has 1 aliphatic rings. The molecule has 1 unspecified atom stereocenters. The highest BCUT2D eigenvalue weighted by atomic mass is 32.2. The number of Topliss-reactive ketones (excluding diaryl/α,β-unsaturated/α-hetero) is 1. The van der Waals surface area contributed by atoms with Crippen LogP contribution in [-0.2, 0) is 14.3 Å². The fraction of sp³-hybridized carbons (Fsp3) is 0.467. The highest BCUT2D eigenvalue weighted by Gasteiger charge is 2.23. The zero-order valence-electron chi connectivity index (χ0n) is 11.1. The van der Waals surface area contributed by atoms with Crippen LogP contribution in [0.4, 0.5) is 0 Å². The van der Waals surface area contributed by atoms with Gasteiger partial charge in [0, 0.05) is 23.5 Å². The van der Waals surface area contributed by atoms with Gasteiger partial charge in [0.2, 0.25) is 0 Å². The molecule has 19 heavy (non-hydrogen) atoms. The Morgan fingerprint density at radius 2 is 2.05 bits per heavy atom. The molecule has 0 saturated carbocycles. The van der Waals surface area contributed by atoms with E-state index in [1.165, 1.54) is 17.6 Å². The summed E-state index contributed by atoms with van der Waals surface area (Å²) in [5.74, 6) is 1.38. The lowest BCUT2D eigenvalue weighted by molar-refractivity contribution is -0.141. The third kappa shape index (κ3) is 3.83. The number of methoxy groups -OCH3 is 1. The lowest BCUT2D eigenvalue weighted by atomic mass is 9.94. The minimum atomic E-state index is -0.310. The molecular formula is C15H18O3S. The van der Waals surface area contributed by atoms with Crippen molar-refractivity contribution in [1.82, 2.24) is 0 Å². The van der Waals surface area contributed by atoms with E-state index >= 15 is 0 Å². The number of ether oxygens (including phenoxy) is 1. The average molecular weight is 278 g/mol. The Bertz CT molecular complexity index is 470. The van der Waals surface area contributed by atoms with Gasteiger partial charge in [-0.15, -0.1) is 11.8 Å². The maximum atomic E-state index is 11.7. The molecule has 0 fully saturated rings. The number of benzene rings is 1. The van der Waals surface area contributed by atoms with E-state index in [-0.39, 0.29) is 18.2 Å². The molecule has 0 N–H and O–H groups in total. The Morgan fingerprint density at radius 3 is 2.84 bits per heavy atom. The summed E-state index contributed by atoms with van der Waals surface area (Å²) < 4.78 is 4.53. The predicted octanol–water partition coefficient (Wildman–Crippen LogP) is 3.18. The molecule has 0 amide bonds. The van der Waals surface area contributed by atoms with Crippen molar-refractivity contribution < 1.29 is 14.3 Å². The summed E-state index contributed by atoms with van der Waals surface area (Å²) in [6.07, 6.45) is 1.93. The van der Waals surface area contributed by atoms with Crippen molar-refractivity contribution in [1.29, 1.82) is 0 Å². The summed E-state index contributed by atoms with van der Waals surface area (Å²) in [4.78, 5) is 24.0. The summed E-state index contributed by atoms with van der Waals surface area (Å²) in [6.45, 7) is 0. The van der Waals surface area contributed by atoms with Crippen LogP contribution in [0.3, 0.4) is 0 Å². The molecule has 1 aliphatic heterocycles. The van der Waals surface area contributed by atoms with Gasteiger partial charge < -0.3 is 4.74 Å². The van der Waals surface area contributed by atoms with E-state index < -0.39 is 0 Å². The molecule has 0 saturated heterocycles. The Kier molecular flexibility index (Phi) is 5.02. The molecule has 0 aliphatic carbocycles. The van der Waals surface area contributed by atoms with Gasteiger partial charge in [0.1, 0.15) is 5.78 Å². The normalized spacial score (nSPS) is 17.0. The van der Waals surface area contributed by atoms with Crippen molar-refractivity contribution in [3.05, 3.63) is 29.8 Å². The molecule has 1 atom stereocenters. The van der Waals surface area contributed by atoms with Crippen LogP contribution < -0.4 is 0 Å². The maximum Gasteiger partial charge on any atom is 0.305 e. The summed E-state index contributed by atoms with van der Waals surface area (Å²) in [6, 6.07) is 8.39. The van der Waals surface area contributed by atoms with Gasteiger partial charge in [-0.1, -0.05) is 18.2 Å². The molecule has 0 aromatic heterocycles. The van der Waals surface area contributed by atoms with Crippen molar-refractivity contribution in [3.8, 4) is 0 Å². The third-order valence-corrected chi connectivity index (χ3v) is 4.66. The van der Waals surface area contributed by atoms with Crippen molar-refractivity contribution in [3.63, 3.8) is 0 Å². The van der Waals surface area contributed by atoms with E-state index in [2.05, 4.69) is 29.0 Å². The number of fused-ring (bicyclic) bond motifs is 1. The Balaban J connectivity index is 1.78. The van der Waals surface area contributed by atoms with Crippen molar-refractivity contribution in [2.75, 3.05) is 12.9 Å². The highest BCUT2D eigenvalue weighted by molar-refractivity contribution is 7.99. The number of carbonyl (C=O) groups excluding carboxylic acids is 2. The van der Waals surface area contributed by atoms with Gasteiger partial charge in [0.15, 0.2) is 0 Å². The first-order chi connectivity index (χ1) is 9.20. The topological polar surface area (TPSA) is 43.4 Å². The molecule has 1 heterocycles. The minimum absolute atomic E-state index is 0.153. The van der Waals surface area contributed by atoms with E-state index in [0.717, 1.165) is 12.2 Å². The van der Waals surface area contributed by atoms with Crippen LogP contribution in [0, 0.1) is 0 Å². The number of hydrogen-bond acceptors (Lipinski definition) is 4. The van der Waals surface area contributed by atoms with Crippen LogP contribution in [0.5, 0.6) is 0 Å². The number of thioether (sulfide) groups is 1. The first-order valence-electron chi connectivity index (χ1n) is 6.51. The van der Waals surface area contributed by atoms with Crippen molar-refractivity contribution in [2.45, 2.75) is 36.5 Å². The second-order valence-corrected chi connectivity index (χ2v) is 5.76. The quantitative estimate of drug-likeness (QED) is 0.750. The fourth-order valence-electron chi connectivity index (χ4n) is 2.27. The number of esters is 1. The fourth-order valence-corrected chi connectivity index (χ4v) is 3.58. The third-order valence-electron chi connectivity index (χ3n) is 3.41. The molecule has 3 nitrogen and oxygen atoms in total. The van der Waals surface area contributed by atoms with Gasteiger partial charge in [-0.2, -0.15) is 0 Å². The maximum absolute atomic E-state index is 11.7. The van der Waals surface area contributed by atoms with E-state index in [1.807, 2.05) is 11.8 Å². The van der Waals surface area contributed by atoms with Gasteiger partial charge in [-0.05, 0) is 24.0 Å². The summed E-state index contributed by atoms with van der Waals surface area (Å²) in [7, 11) is 1.35. The standard InChI is InChI=1S/C15H18O3S/c1-18-15(17)9-8-12(16)7-6-11-10-19-14-5-3-2-4-13(11)14/h2-5,11H,6-10H2,1H3. The second-order valence-electron chi connectivity index (χ2n) is 4.70. The van der Waals surface area contributed by atoms with E-state index in [0.29, 0.717) is 18.8 Å². The molecule has 0 spiro atoms.